The van der Waals surface area contributed by atoms with Gasteiger partial charge in [-0.25, -0.2) is 0 Å². The van der Waals surface area contributed by atoms with Crippen LogP contribution in [-0.2, 0) is 17.8 Å². The van der Waals surface area contributed by atoms with Crippen LogP contribution in [-0.4, -0.2) is 27.5 Å². The Hall–Kier alpha value is -1.52. The summed E-state index contributed by atoms with van der Waals surface area (Å²) >= 11 is 0. The van der Waals surface area contributed by atoms with Crippen LogP contribution in [0.3, 0.4) is 0 Å². The molecule has 1 aromatic heterocycles. The molecular weight excluding hydrogens is 192 g/mol. The normalized spacial score (nSPS) is 20.1. The van der Waals surface area contributed by atoms with Gasteiger partial charge < -0.3 is 10.6 Å². The Morgan fingerprint density at radius 2 is 2.33 bits per heavy atom. The van der Waals surface area contributed by atoms with Crippen LogP contribution in [0.25, 0.3) is 0 Å². The summed E-state index contributed by atoms with van der Waals surface area (Å²) in [7, 11) is 0. The second kappa shape index (κ2) is 2.98. The first kappa shape index (κ1) is 8.76. The lowest BCUT2D eigenvalue weighted by Crippen LogP contribution is -2.36. The molecule has 3 N–H and O–H groups in total. The van der Waals surface area contributed by atoms with Gasteiger partial charge in [-0.3, -0.25) is 9.89 Å². The van der Waals surface area contributed by atoms with E-state index in [1.807, 2.05) is 4.90 Å². The molecule has 80 valence electrons. The van der Waals surface area contributed by atoms with Crippen molar-refractivity contribution in [2.75, 3.05) is 12.3 Å². The van der Waals surface area contributed by atoms with Crippen LogP contribution in [0, 0.1) is 5.92 Å². The van der Waals surface area contributed by atoms with Crippen LogP contribution in [0.15, 0.2) is 0 Å². The highest BCUT2D eigenvalue weighted by Crippen LogP contribution is 2.33. The van der Waals surface area contributed by atoms with E-state index < -0.39 is 0 Å². The predicted molar refractivity (Wildman–Crippen MR) is 54.8 cm³/mol. The minimum Gasteiger partial charge on any atom is -0.382 e. The monoisotopic (exact) mass is 206 g/mol. The molecule has 1 aliphatic carbocycles. The molecule has 15 heavy (non-hydrogen) atoms. The third-order valence-electron chi connectivity index (χ3n) is 3.20. The Morgan fingerprint density at radius 3 is 3.07 bits per heavy atom. The topological polar surface area (TPSA) is 75.0 Å². The number of hydrogen-bond acceptors (Lipinski definition) is 3. The fraction of sp³-hybridized carbons (Fsp3) is 0.600. The SMILES string of the molecule is Nc1n[nH]c2c1CCN(C(=O)C1CC1)C2. The zero-order valence-corrected chi connectivity index (χ0v) is 8.49. The first-order chi connectivity index (χ1) is 7.25. The van der Waals surface area contributed by atoms with Gasteiger partial charge in [0.05, 0.1) is 12.2 Å². The highest BCUT2D eigenvalue weighted by atomic mass is 16.2. The maximum atomic E-state index is 11.8. The summed E-state index contributed by atoms with van der Waals surface area (Å²) in [6.45, 7) is 1.43. The van der Waals surface area contributed by atoms with Gasteiger partial charge in [0.2, 0.25) is 5.91 Å². The number of nitrogens with one attached hydrogen (secondary N) is 1. The number of H-pyrrole nitrogens is 1. The molecule has 1 aromatic rings. The van der Waals surface area contributed by atoms with E-state index in [-0.39, 0.29) is 0 Å². The number of nitrogen functional groups attached to an aromatic ring is 1. The highest BCUT2D eigenvalue weighted by Gasteiger charge is 2.35. The van der Waals surface area contributed by atoms with E-state index in [2.05, 4.69) is 10.2 Å². The molecule has 2 heterocycles. The molecule has 5 heteroatoms. The van der Waals surface area contributed by atoms with E-state index in [1.165, 1.54) is 0 Å². The van der Waals surface area contributed by atoms with Crippen molar-refractivity contribution in [3.8, 4) is 0 Å². The second-order valence-corrected chi connectivity index (χ2v) is 4.35. The molecule has 5 nitrogen and oxygen atoms in total. The van der Waals surface area contributed by atoms with E-state index in [0.717, 1.165) is 37.1 Å². The van der Waals surface area contributed by atoms with Crippen LogP contribution in [0.1, 0.15) is 24.1 Å². The fourth-order valence-corrected chi connectivity index (χ4v) is 2.12. The predicted octanol–water partition coefficient (Wildman–Crippen LogP) is 0.287. The summed E-state index contributed by atoms with van der Waals surface area (Å²) in [6.07, 6.45) is 2.96. The summed E-state index contributed by atoms with van der Waals surface area (Å²) in [5.74, 6) is 1.18. The fourth-order valence-electron chi connectivity index (χ4n) is 2.12. The number of nitrogens with zero attached hydrogens (tertiary/aromatic N) is 2. The molecule has 1 saturated carbocycles. The summed E-state index contributed by atoms with van der Waals surface area (Å²) in [6, 6.07) is 0. The zero-order chi connectivity index (χ0) is 10.4. The number of carbonyl (C=O) groups is 1. The first-order valence-electron chi connectivity index (χ1n) is 5.36. The molecule has 0 atom stereocenters. The van der Waals surface area contributed by atoms with Gasteiger partial charge >= 0.3 is 0 Å². The summed E-state index contributed by atoms with van der Waals surface area (Å²) in [4.78, 5) is 13.8. The lowest BCUT2D eigenvalue weighted by molar-refractivity contribution is -0.133. The van der Waals surface area contributed by atoms with Crippen molar-refractivity contribution < 1.29 is 4.79 Å². The third-order valence-corrected chi connectivity index (χ3v) is 3.20. The van der Waals surface area contributed by atoms with E-state index >= 15 is 0 Å². The van der Waals surface area contributed by atoms with Crippen molar-refractivity contribution in [1.82, 2.24) is 15.1 Å². The molecule has 1 amide bonds. The van der Waals surface area contributed by atoms with E-state index in [1.54, 1.807) is 0 Å². The van der Waals surface area contributed by atoms with Crippen LogP contribution in [0.2, 0.25) is 0 Å². The molecule has 2 aliphatic rings. The van der Waals surface area contributed by atoms with Gasteiger partial charge in [0.1, 0.15) is 5.82 Å². The molecule has 0 saturated heterocycles. The molecule has 0 aromatic carbocycles. The maximum absolute atomic E-state index is 11.8. The smallest absolute Gasteiger partial charge is 0.226 e. The van der Waals surface area contributed by atoms with Crippen molar-refractivity contribution in [3.63, 3.8) is 0 Å². The number of amides is 1. The number of rotatable bonds is 1. The number of carbonyl (C=O) groups excluding carboxylic acids is 1. The van der Waals surface area contributed by atoms with Gasteiger partial charge in [-0.05, 0) is 19.3 Å². The van der Waals surface area contributed by atoms with Gasteiger partial charge in [-0.1, -0.05) is 0 Å². The Balaban J connectivity index is 1.79. The standard InChI is InChI=1S/C10H14N4O/c11-9-7-3-4-14(5-8(7)12-13-9)10(15)6-1-2-6/h6H,1-5H2,(H3,11,12,13). The second-order valence-electron chi connectivity index (χ2n) is 4.35. The molecule has 1 fully saturated rings. The van der Waals surface area contributed by atoms with Gasteiger partial charge in [0.25, 0.3) is 0 Å². The van der Waals surface area contributed by atoms with Crippen molar-refractivity contribution in [1.29, 1.82) is 0 Å². The largest absolute Gasteiger partial charge is 0.382 e. The molecule has 1 aliphatic heterocycles. The van der Waals surface area contributed by atoms with Crippen molar-refractivity contribution in [3.05, 3.63) is 11.3 Å². The number of hydrogen-bond donors (Lipinski definition) is 2. The summed E-state index contributed by atoms with van der Waals surface area (Å²) < 4.78 is 0. The van der Waals surface area contributed by atoms with E-state index in [9.17, 15) is 4.79 Å². The quantitative estimate of drug-likeness (QED) is 0.693. The first-order valence-corrected chi connectivity index (χ1v) is 5.36. The van der Waals surface area contributed by atoms with Crippen molar-refractivity contribution in [2.24, 2.45) is 5.92 Å². The number of anilines is 1. The molecule has 0 unspecified atom stereocenters. The van der Waals surface area contributed by atoms with Crippen LogP contribution >= 0.6 is 0 Å². The molecule has 0 spiro atoms. The number of aromatic amines is 1. The lowest BCUT2D eigenvalue weighted by atomic mass is 10.1. The highest BCUT2D eigenvalue weighted by molar-refractivity contribution is 5.81. The third kappa shape index (κ3) is 1.38. The van der Waals surface area contributed by atoms with E-state index in [4.69, 9.17) is 5.73 Å². The van der Waals surface area contributed by atoms with E-state index in [0.29, 0.717) is 24.2 Å². The molecular formula is C10H14N4O. The Labute approximate surface area is 87.6 Å². The van der Waals surface area contributed by atoms with Gasteiger partial charge in [0, 0.05) is 18.0 Å². The lowest BCUT2D eigenvalue weighted by Gasteiger charge is -2.26. The zero-order valence-electron chi connectivity index (χ0n) is 8.49. The maximum Gasteiger partial charge on any atom is 0.226 e. The molecule has 0 radical (unpaired) electrons. The average molecular weight is 206 g/mol. The molecule has 0 bridgehead atoms. The Kier molecular flexibility index (Phi) is 1.74. The Bertz CT molecular complexity index is 408. The number of nitrogens with two attached hydrogens (primary N) is 1. The van der Waals surface area contributed by atoms with Crippen LogP contribution in [0.4, 0.5) is 5.82 Å². The minimum atomic E-state index is 0.298. The Morgan fingerprint density at radius 1 is 1.53 bits per heavy atom. The van der Waals surface area contributed by atoms with Gasteiger partial charge in [-0.15, -0.1) is 0 Å². The average Bonchev–Trinajstić information content (AvgIpc) is 3.03. The minimum absolute atomic E-state index is 0.298. The van der Waals surface area contributed by atoms with Crippen LogP contribution < -0.4 is 5.73 Å². The van der Waals surface area contributed by atoms with Gasteiger partial charge in [0.15, 0.2) is 0 Å². The number of fused-ring (bicyclic) bond motifs is 1. The van der Waals surface area contributed by atoms with Gasteiger partial charge in [-0.2, -0.15) is 5.10 Å². The van der Waals surface area contributed by atoms with Crippen molar-refractivity contribution >= 4 is 11.7 Å². The van der Waals surface area contributed by atoms with Crippen molar-refractivity contribution in [2.45, 2.75) is 25.8 Å². The number of aromatic nitrogens is 2. The molecule has 3 rings (SSSR count). The summed E-state index contributed by atoms with van der Waals surface area (Å²) in [5, 5.41) is 6.87. The summed E-state index contributed by atoms with van der Waals surface area (Å²) in [5.41, 5.74) is 7.81. The van der Waals surface area contributed by atoms with Crippen LogP contribution in [0.5, 0.6) is 0 Å².